The van der Waals surface area contributed by atoms with Crippen molar-refractivity contribution >= 4 is 11.4 Å². The zero-order chi connectivity index (χ0) is 19.5. The molecule has 0 saturated heterocycles. The summed E-state index contributed by atoms with van der Waals surface area (Å²) in [7, 11) is 8.33. The van der Waals surface area contributed by atoms with Crippen LogP contribution < -0.4 is 18.9 Å². The number of anilines is 2. The van der Waals surface area contributed by atoms with E-state index in [1.165, 1.54) is 56.3 Å². The summed E-state index contributed by atoms with van der Waals surface area (Å²) in [6.07, 6.45) is 18.1. The molecule has 0 spiro atoms. The Hall–Kier alpha value is -2.10. The van der Waals surface area contributed by atoms with Crippen LogP contribution in [-0.2, 0) is 13.1 Å². The van der Waals surface area contributed by atoms with Crippen molar-refractivity contribution in [3.63, 3.8) is 0 Å². The third-order valence-corrected chi connectivity index (χ3v) is 5.11. The topological polar surface area (TPSA) is 14.2 Å². The summed E-state index contributed by atoms with van der Waals surface area (Å²) >= 11 is 0. The van der Waals surface area contributed by atoms with Crippen LogP contribution >= 0.6 is 0 Å². The molecule has 4 heteroatoms. The zero-order valence-corrected chi connectivity index (χ0v) is 17.8. The number of aromatic nitrogens is 2. The van der Waals surface area contributed by atoms with Crippen LogP contribution in [0.1, 0.15) is 44.9 Å². The SMILES string of the molecule is CN(C)c1cc[n+](CCCCCCCCC[n+]2ccc(N(C)C)cc2)cc1. The van der Waals surface area contributed by atoms with Gasteiger partial charge in [0.05, 0.1) is 0 Å². The Bertz CT molecular complexity index is 575. The second-order valence-corrected chi connectivity index (χ2v) is 7.85. The van der Waals surface area contributed by atoms with E-state index >= 15 is 0 Å². The lowest BCUT2D eigenvalue weighted by atomic mass is 10.1. The molecule has 0 bridgehead atoms. The summed E-state index contributed by atoms with van der Waals surface area (Å²) in [5.74, 6) is 0. The lowest BCUT2D eigenvalue weighted by Gasteiger charge is -2.10. The summed E-state index contributed by atoms with van der Waals surface area (Å²) < 4.78 is 4.59. The molecule has 27 heavy (non-hydrogen) atoms. The van der Waals surface area contributed by atoms with Gasteiger partial charge in [0, 0.05) is 76.7 Å². The number of hydrogen-bond donors (Lipinski definition) is 0. The standard InChI is InChI=1S/C23H38N4/c1-24(2)22-12-18-26(19-13-22)16-10-8-6-5-7-9-11-17-27-20-14-23(15-21-27)25(3)4/h12-15,18-21H,5-11,16-17H2,1-4H3/q+2. The molecule has 0 aliphatic heterocycles. The van der Waals surface area contributed by atoms with Gasteiger partial charge in [-0.3, -0.25) is 0 Å². The fraction of sp³-hybridized carbons (Fsp3) is 0.565. The van der Waals surface area contributed by atoms with Crippen molar-refractivity contribution < 1.29 is 9.13 Å². The van der Waals surface area contributed by atoms with Gasteiger partial charge in [0.2, 0.25) is 0 Å². The van der Waals surface area contributed by atoms with E-state index in [4.69, 9.17) is 0 Å². The normalized spacial score (nSPS) is 10.8. The van der Waals surface area contributed by atoms with E-state index < -0.39 is 0 Å². The summed E-state index contributed by atoms with van der Waals surface area (Å²) in [6.45, 7) is 2.26. The van der Waals surface area contributed by atoms with Crippen LogP contribution in [-0.4, -0.2) is 28.2 Å². The molecule has 0 unspecified atom stereocenters. The number of pyridine rings is 2. The van der Waals surface area contributed by atoms with Crippen LogP contribution in [0.4, 0.5) is 11.4 Å². The molecule has 0 N–H and O–H groups in total. The van der Waals surface area contributed by atoms with E-state index in [0.717, 1.165) is 13.1 Å². The molecule has 148 valence electrons. The Balaban J connectivity index is 1.47. The minimum Gasteiger partial charge on any atom is -0.377 e. The average molecular weight is 371 g/mol. The Morgan fingerprint density at radius 1 is 0.519 bits per heavy atom. The Morgan fingerprint density at radius 3 is 1.11 bits per heavy atom. The average Bonchev–Trinajstić information content (AvgIpc) is 2.67. The van der Waals surface area contributed by atoms with E-state index in [0.29, 0.717) is 0 Å². The first-order valence-corrected chi connectivity index (χ1v) is 10.4. The monoisotopic (exact) mass is 370 g/mol. The van der Waals surface area contributed by atoms with Crippen LogP contribution in [0.2, 0.25) is 0 Å². The van der Waals surface area contributed by atoms with Gasteiger partial charge in [-0.25, -0.2) is 9.13 Å². The zero-order valence-electron chi connectivity index (χ0n) is 17.8. The molecular formula is C23H38N4+2. The third-order valence-electron chi connectivity index (χ3n) is 5.11. The van der Waals surface area contributed by atoms with E-state index in [9.17, 15) is 0 Å². The number of rotatable bonds is 12. The molecule has 0 atom stereocenters. The van der Waals surface area contributed by atoms with Gasteiger partial charge in [0.1, 0.15) is 13.1 Å². The van der Waals surface area contributed by atoms with Crippen molar-refractivity contribution in [1.82, 2.24) is 0 Å². The first-order valence-electron chi connectivity index (χ1n) is 10.4. The second-order valence-electron chi connectivity index (χ2n) is 7.85. The van der Waals surface area contributed by atoms with Gasteiger partial charge in [-0.15, -0.1) is 0 Å². The molecule has 2 aromatic rings. The second kappa shape index (κ2) is 11.6. The fourth-order valence-electron chi connectivity index (χ4n) is 3.27. The van der Waals surface area contributed by atoms with E-state index in [-0.39, 0.29) is 0 Å². The van der Waals surface area contributed by atoms with Gasteiger partial charge < -0.3 is 9.80 Å². The quantitative estimate of drug-likeness (QED) is 0.416. The van der Waals surface area contributed by atoms with Crippen LogP contribution in [0.25, 0.3) is 0 Å². The molecule has 0 aromatic carbocycles. The molecule has 0 aliphatic carbocycles. The summed E-state index contributed by atoms with van der Waals surface area (Å²) in [5.41, 5.74) is 2.52. The van der Waals surface area contributed by atoms with Crippen molar-refractivity contribution in [2.45, 2.75) is 58.0 Å². The number of aryl methyl sites for hydroxylation is 2. The maximum absolute atomic E-state index is 2.30. The van der Waals surface area contributed by atoms with Crippen molar-refractivity contribution in [2.24, 2.45) is 0 Å². The molecule has 2 rings (SSSR count). The van der Waals surface area contributed by atoms with Crippen molar-refractivity contribution in [2.75, 3.05) is 38.0 Å². The molecule has 0 radical (unpaired) electrons. The minimum atomic E-state index is 1.13. The molecule has 0 saturated carbocycles. The summed E-state index contributed by atoms with van der Waals surface area (Å²) in [6, 6.07) is 8.75. The minimum absolute atomic E-state index is 1.13. The third kappa shape index (κ3) is 7.98. The van der Waals surface area contributed by atoms with Crippen LogP contribution in [0.3, 0.4) is 0 Å². The Morgan fingerprint density at radius 2 is 0.815 bits per heavy atom. The highest BCUT2D eigenvalue weighted by molar-refractivity contribution is 5.41. The first-order chi connectivity index (χ1) is 13.1. The highest BCUT2D eigenvalue weighted by Crippen LogP contribution is 2.09. The molecular weight excluding hydrogens is 332 g/mol. The smallest absolute Gasteiger partial charge is 0.170 e. The first kappa shape index (κ1) is 21.2. The van der Waals surface area contributed by atoms with E-state index in [1.54, 1.807) is 0 Å². The molecule has 4 nitrogen and oxygen atoms in total. The highest BCUT2D eigenvalue weighted by atomic mass is 15.1. The van der Waals surface area contributed by atoms with E-state index in [2.05, 4.69) is 96.2 Å². The maximum Gasteiger partial charge on any atom is 0.170 e. The molecule has 2 heterocycles. The fourth-order valence-corrected chi connectivity index (χ4v) is 3.27. The number of hydrogen-bond acceptors (Lipinski definition) is 2. The van der Waals surface area contributed by atoms with Gasteiger partial charge in [0.25, 0.3) is 0 Å². The Kier molecular flexibility index (Phi) is 9.09. The molecule has 0 aliphatic rings. The van der Waals surface area contributed by atoms with Gasteiger partial charge in [-0.2, -0.15) is 0 Å². The lowest BCUT2D eigenvalue weighted by Crippen LogP contribution is -2.32. The molecule has 0 fully saturated rings. The Labute approximate surface area is 166 Å². The molecule has 2 aromatic heterocycles. The number of unbranched alkanes of at least 4 members (excludes halogenated alkanes) is 6. The molecule has 0 amide bonds. The highest BCUT2D eigenvalue weighted by Gasteiger charge is 2.03. The predicted molar refractivity (Wildman–Crippen MR) is 114 cm³/mol. The van der Waals surface area contributed by atoms with Crippen molar-refractivity contribution in [3.05, 3.63) is 49.1 Å². The van der Waals surface area contributed by atoms with Gasteiger partial charge in [-0.05, 0) is 12.8 Å². The van der Waals surface area contributed by atoms with Crippen molar-refractivity contribution in [3.8, 4) is 0 Å². The predicted octanol–water partition coefficient (Wildman–Crippen LogP) is 3.82. The van der Waals surface area contributed by atoms with Crippen LogP contribution in [0, 0.1) is 0 Å². The largest absolute Gasteiger partial charge is 0.377 e. The van der Waals surface area contributed by atoms with Crippen LogP contribution in [0.15, 0.2) is 49.1 Å². The van der Waals surface area contributed by atoms with Gasteiger partial charge in [-0.1, -0.05) is 19.3 Å². The summed E-state index contributed by atoms with van der Waals surface area (Å²) in [4.78, 5) is 4.28. The number of nitrogens with zero attached hydrogens (tertiary/aromatic N) is 4. The van der Waals surface area contributed by atoms with E-state index in [1.807, 2.05) is 0 Å². The maximum atomic E-state index is 2.30. The summed E-state index contributed by atoms with van der Waals surface area (Å²) in [5, 5.41) is 0. The lowest BCUT2D eigenvalue weighted by molar-refractivity contribution is -0.697. The van der Waals surface area contributed by atoms with Crippen LogP contribution in [0.5, 0.6) is 0 Å². The van der Waals surface area contributed by atoms with Gasteiger partial charge >= 0.3 is 0 Å². The van der Waals surface area contributed by atoms with Gasteiger partial charge in [0.15, 0.2) is 24.8 Å². The van der Waals surface area contributed by atoms with Crippen molar-refractivity contribution in [1.29, 1.82) is 0 Å².